The molecule has 1 aromatic carbocycles. The Kier molecular flexibility index (Phi) is 6.16. The molecule has 4 N–H and O–H groups in total. The van der Waals surface area contributed by atoms with Gasteiger partial charge in [-0.25, -0.2) is 4.39 Å². The first-order chi connectivity index (χ1) is 14.3. The van der Waals surface area contributed by atoms with Crippen molar-refractivity contribution in [2.75, 3.05) is 18.2 Å². The average molecular weight is 458 g/mol. The van der Waals surface area contributed by atoms with E-state index in [9.17, 15) is 19.1 Å². The van der Waals surface area contributed by atoms with E-state index in [1.54, 1.807) is 11.8 Å². The number of rotatable bonds is 6. The predicted octanol–water partition coefficient (Wildman–Crippen LogP) is 1.57. The summed E-state index contributed by atoms with van der Waals surface area (Å²) in [4.78, 5) is 25.0. The number of benzene rings is 1. The van der Waals surface area contributed by atoms with E-state index in [4.69, 9.17) is 16.3 Å². The van der Waals surface area contributed by atoms with Crippen LogP contribution in [0.15, 0.2) is 18.2 Å². The van der Waals surface area contributed by atoms with E-state index in [1.807, 2.05) is 0 Å². The second kappa shape index (κ2) is 8.53. The van der Waals surface area contributed by atoms with Crippen LogP contribution >= 0.6 is 23.4 Å². The molecule has 4 aliphatic rings. The number of thioether (sulfide) groups is 1. The normalized spacial score (nSPS) is 32.6. The van der Waals surface area contributed by atoms with Crippen molar-refractivity contribution >= 4 is 35.2 Å². The van der Waals surface area contributed by atoms with Gasteiger partial charge in [-0.1, -0.05) is 11.6 Å². The summed E-state index contributed by atoms with van der Waals surface area (Å²) >= 11 is 7.33. The van der Waals surface area contributed by atoms with Crippen LogP contribution in [0.5, 0.6) is 5.75 Å². The van der Waals surface area contributed by atoms with Crippen LogP contribution in [0.3, 0.4) is 0 Å². The predicted molar refractivity (Wildman–Crippen MR) is 112 cm³/mol. The zero-order chi connectivity index (χ0) is 21.4. The highest BCUT2D eigenvalue weighted by atomic mass is 35.5. The molecule has 5 rings (SSSR count). The molecule has 3 saturated carbocycles. The Morgan fingerprint density at radius 3 is 2.70 bits per heavy atom. The average Bonchev–Trinajstić information content (AvgIpc) is 3.25. The molecule has 2 bridgehead atoms. The number of aliphatic hydroxyl groups excluding tert-OH is 1. The minimum Gasteiger partial charge on any atom is -0.484 e. The van der Waals surface area contributed by atoms with Crippen molar-refractivity contribution in [3.63, 3.8) is 0 Å². The van der Waals surface area contributed by atoms with Crippen LogP contribution in [0.25, 0.3) is 0 Å². The lowest BCUT2D eigenvalue weighted by Gasteiger charge is -2.56. The lowest BCUT2D eigenvalue weighted by Crippen LogP contribution is -2.71. The molecular weight excluding hydrogens is 433 g/mol. The van der Waals surface area contributed by atoms with Gasteiger partial charge in [0, 0.05) is 23.2 Å². The molecule has 7 nitrogen and oxygen atoms in total. The SMILES string of the molecule is O=C(COc1ccc(Cl)c(F)c1)NC12CCC(NC(=O)C3CSCN3)(CC1)CC2O. The first kappa shape index (κ1) is 21.7. The fourth-order valence-electron chi connectivity index (χ4n) is 4.60. The Bertz CT molecular complexity index is 828. The molecule has 1 heterocycles. The van der Waals surface area contributed by atoms with Gasteiger partial charge in [-0.05, 0) is 44.2 Å². The highest BCUT2D eigenvalue weighted by Gasteiger charge is 2.55. The van der Waals surface area contributed by atoms with Gasteiger partial charge >= 0.3 is 0 Å². The van der Waals surface area contributed by atoms with Gasteiger partial charge in [-0.3, -0.25) is 14.9 Å². The van der Waals surface area contributed by atoms with E-state index in [0.29, 0.717) is 32.1 Å². The van der Waals surface area contributed by atoms with Gasteiger partial charge in [0.15, 0.2) is 6.61 Å². The maximum Gasteiger partial charge on any atom is 0.258 e. The molecular formula is C20H25ClFN3O4S. The van der Waals surface area contributed by atoms with Crippen molar-refractivity contribution in [1.29, 1.82) is 0 Å². The van der Waals surface area contributed by atoms with Crippen LogP contribution in [0.2, 0.25) is 5.02 Å². The van der Waals surface area contributed by atoms with Gasteiger partial charge in [-0.15, -0.1) is 11.8 Å². The first-order valence-corrected chi connectivity index (χ1v) is 11.5. The molecule has 3 aliphatic carbocycles. The Morgan fingerprint density at radius 1 is 1.30 bits per heavy atom. The zero-order valence-corrected chi connectivity index (χ0v) is 18.0. The summed E-state index contributed by atoms with van der Waals surface area (Å²) in [6, 6.07) is 3.79. The van der Waals surface area contributed by atoms with Gasteiger partial charge in [0.1, 0.15) is 11.6 Å². The number of nitrogens with one attached hydrogen (secondary N) is 3. The smallest absolute Gasteiger partial charge is 0.258 e. The molecule has 1 aliphatic heterocycles. The standard InChI is InChI=1S/C20H25ClFN3O4S/c21-13-2-1-12(7-14(13)22)29-9-17(27)24-20-5-3-19(4-6-20,8-16(20)26)25-18(28)15-10-30-11-23-15/h1-2,7,15-16,23,26H,3-6,8-11H2,(H,24,27)(H,25,28). The van der Waals surface area contributed by atoms with Crippen molar-refractivity contribution in [3.8, 4) is 5.75 Å². The summed E-state index contributed by atoms with van der Waals surface area (Å²) < 4.78 is 18.8. The van der Waals surface area contributed by atoms with Crippen LogP contribution < -0.4 is 20.7 Å². The maximum absolute atomic E-state index is 13.5. The Hall–Kier alpha value is -1.55. The maximum atomic E-state index is 13.5. The molecule has 0 aromatic heterocycles. The molecule has 10 heteroatoms. The van der Waals surface area contributed by atoms with Gasteiger partial charge in [0.25, 0.3) is 5.91 Å². The Balaban J connectivity index is 1.32. The van der Waals surface area contributed by atoms with E-state index in [1.165, 1.54) is 12.1 Å². The number of carbonyl (C=O) groups is 2. The summed E-state index contributed by atoms with van der Waals surface area (Å²) in [5, 5.41) is 20.0. The minimum atomic E-state index is -0.761. The van der Waals surface area contributed by atoms with Crippen LogP contribution in [-0.2, 0) is 9.59 Å². The molecule has 2 amide bonds. The second-order valence-corrected chi connectivity index (χ2v) is 9.77. The minimum absolute atomic E-state index is 0.0173. The number of halogens is 2. The van der Waals surface area contributed by atoms with Crippen molar-refractivity contribution in [3.05, 3.63) is 29.0 Å². The third-order valence-corrected chi connectivity index (χ3v) is 7.64. The summed E-state index contributed by atoms with van der Waals surface area (Å²) in [5.41, 5.74) is -1.14. The van der Waals surface area contributed by atoms with Crippen LogP contribution in [0.1, 0.15) is 32.1 Å². The monoisotopic (exact) mass is 457 g/mol. The second-order valence-electron chi connectivity index (χ2n) is 8.33. The molecule has 2 atom stereocenters. The lowest BCUT2D eigenvalue weighted by atomic mass is 9.60. The molecule has 1 saturated heterocycles. The van der Waals surface area contributed by atoms with Crippen molar-refractivity contribution in [1.82, 2.24) is 16.0 Å². The number of hydrogen-bond acceptors (Lipinski definition) is 6. The first-order valence-electron chi connectivity index (χ1n) is 10.0. The third-order valence-electron chi connectivity index (χ3n) is 6.39. The molecule has 1 aromatic rings. The lowest BCUT2D eigenvalue weighted by molar-refractivity contribution is -0.136. The Labute approximate surface area is 183 Å². The van der Waals surface area contributed by atoms with Crippen LogP contribution in [-0.4, -0.2) is 58.4 Å². The van der Waals surface area contributed by atoms with E-state index in [-0.39, 0.29) is 35.2 Å². The van der Waals surface area contributed by atoms with Crippen LogP contribution in [0.4, 0.5) is 4.39 Å². The number of hydrogen-bond donors (Lipinski definition) is 4. The van der Waals surface area contributed by atoms with Gasteiger partial charge in [0.2, 0.25) is 5.91 Å². The highest BCUT2D eigenvalue weighted by Crippen LogP contribution is 2.47. The summed E-state index contributed by atoms with van der Waals surface area (Å²) in [5.74, 6) is 0.713. The van der Waals surface area contributed by atoms with E-state index in [2.05, 4.69) is 16.0 Å². The quantitative estimate of drug-likeness (QED) is 0.517. The third kappa shape index (κ3) is 4.39. The number of ether oxygens (including phenoxy) is 1. The van der Waals surface area contributed by atoms with E-state index in [0.717, 1.165) is 17.7 Å². The fraction of sp³-hybridized carbons (Fsp3) is 0.600. The number of carbonyl (C=O) groups excluding carboxylic acids is 2. The number of fused-ring (bicyclic) bond motifs is 3. The number of aliphatic hydroxyl groups is 1. The van der Waals surface area contributed by atoms with Gasteiger partial charge in [0.05, 0.1) is 22.7 Å². The molecule has 164 valence electrons. The fourth-order valence-corrected chi connectivity index (χ4v) is 5.66. The van der Waals surface area contributed by atoms with E-state index < -0.39 is 23.0 Å². The highest BCUT2D eigenvalue weighted by molar-refractivity contribution is 7.99. The number of amides is 2. The van der Waals surface area contributed by atoms with Crippen molar-refractivity contribution in [2.45, 2.75) is 55.3 Å². The topological polar surface area (TPSA) is 99.7 Å². The molecule has 4 fully saturated rings. The van der Waals surface area contributed by atoms with E-state index >= 15 is 0 Å². The summed E-state index contributed by atoms with van der Waals surface area (Å²) in [6.07, 6.45) is 2.18. The van der Waals surface area contributed by atoms with Gasteiger partial charge in [-0.2, -0.15) is 0 Å². The van der Waals surface area contributed by atoms with Crippen LogP contribution in [0, 0.1) is 5.82 Å². The largest absolute Gasteiger partial charge is 0.484 e. The molecule has 30 heavy (non-hydrogen) atoms. The van der Waals surface area contributed by atoms with Gasteiger partial charge < -0.3 is 20.5 Å². The zero-order valence-electron chi connectivity index (χ0n) is 16.4. The van der Waals surface area contributed by atoms with Crippen molar-refractivity contribution < 1.29 is 23.8 Å². The summed E-state index contributed by atoms with van der Waals surface area (Å²) in [7, 11) is 0. The van der Waals surface area contributed by atoms with Crippen molar-refractivity contribution in [2.24, 2.45) is 0 Å². The molecule has 0 spiro atoms. The molecule has 2 unspecified atom stereocenters. The summed E-state index contributed by atoms with van der Waals surface area (Å²) in [6.45, 7) is -0.289. The molecule has 0 radical (unpaired) electrons. The Morgan fingerprint density at radius 2 is 2.07 bits per heavy atom.